The number of nitrogens with one attached hydrogen (secondary N) is 2. The molecule has 3 N–H and O–H groups in total. The van der Waals surface area contributed by atoms with Crippen LogP contribution in [0.4, 0.5) is 0 Å². The molecule has 4 nitrogen and oxygen atoms in total. The summed E-state index contributed by atoms with van der Waals surface area (Å²) in [5.41, 5.74) is 0. The Morgan fingerprint density at radius 1 is 1.50 bits per heavy atom. The fraction of sp³-hybridized carbons (Fsp3) is 0.929. The standard InChI is InChI=1S/C14H28N2O2/c1-11(13-6-3-7-15-10-13)9-14(18)16-12(2)5-4-8-17/h11-13,15,17H,3-10H2,1-2H3,(H,16,18). The van der Waals surface area contributed by atoms with Gasteiger partial charge in [-0.3, -0.25) is 4.79 Å². The topological polar surface area (TPSA) is 61.4 Å². The van der Waals surface area contributed by atoms with Gasteiger partial charge in [-0.25, -0.2) is 0 Å². The van der Waals surface area contributed by atoms with Crippen LogP contribution in [0.2, 0.25) is 0 Å². The number of aliphatic hydroxyl groups excluding tert-OH is 1. The monoisotopic (exact) mass is 256 g/mol. The van der Waals surface area contributed by atoms with Gasteiger partial charge in [0.1, 0.15) is 0 Å². The highest BCUT2D eigenvalue weighted by molar-refractivity contribution is 5.76. The third kappa shape index (κ3) is 5.83. The number of aliphatic hydroxyl groups is 1. The molecule has 1 amide bonds. The van der Waals surface area contributed by atoms with Gasteiger partial charge in [0.2, 0.25) is 5.91 Å². The number of rotatable bonds is 7. The Labute approximate surface area is 111 Å². The van der Waals surface area contributed by atoms with E-state index in [0.717, 1.165) is 25.9 Å². The smallest absolute Gasteiger partial charge is 0.220 e. The summed E-state index contributed by atoms with van der Waals surface area (Å²) in [6.07, 6.45) is 4.69. The van der Waals surface area contributed by atoms with Crippen molar-refractivity contribution in [3.8, 4) is 0 Å². The average molecular weight is 256 g/mol. The van der Waals surface area contributed by atoms with Gasteiger partial charge in [0, 0.05) is 19.1 Å². The molecule has 106 valence electrons. The van der Waals surface area contributed by atoms with Gasteiger partial charge >= 0.3 is 0 Å². The van der Waals surface area contributed by atoms with Crippen LogP contribution in [-0.4, -0.2) is 36.8 Å². The quantitative estimate of drug-likeness (QED) is 0.643. The number of amides is 1. The van der Waals surface area contributed by atoms with Crippen molar-refractivity contribution in [2.24, 2.45) is 11.8 Å². The second-order valence-corrected chi connectivity index (χ2v) is 5.62. The first kappa shape index (κ1) is 15.4. The lowest BCUT2D eigenvalue weighted by molar-refractivity contribution is -0.123. The number of carbonyl (C=O) groups excluding carboxylic acids is 1. The highest BCUT2D eigenvalue weighted by Crippen LogP contribution is 2.22. The number of hydrogen-bond acceptors (Lipinski definition) is 3. The summed E-state index contributed by atoms with van der Waals surface area (Å²) in [6, 6.07) is 0.168. The minimum Gasteiger partial charge on any atom is -0.396 e. The molecule has 3 unspecified atom stereocenters. The summed E-state index contributed by atoms with van der Waals surface area (Å²) in [7, 11) is 0. The highest BCUT2D eigenvalue weighted by atomic mass is 16.2. The van der Waals surface area contributed by atoms with Crippen LogP contribution >= 0.6 is 0 Å². The minimum absolute atomic E-state index is 0.151. The van der Waals surface area contributed by atoms with Crippen molar-refractivity contribution in [3.63, 3.8) is 0 Å². The molecule has 1 fully saturated rings. The summed E-state index contributed by atoms with van der Waals surface area (Å²) in [5, 5.41) is 15.2. The lowest BCUT2D eigenvalue weighted by atomic mass is 9.85. The lowest BCUT2D eigenvalue weighted by Gasteiger charge is -2.28. The third-order valence-electron chi connectivity index (χ3n) is 3.85. The van der Waals surface area contributed by atoms with Crippen LogP contribution in [0, 0.1) is 11.8 Å². The predicted octanol–water partition coefficient (Wildman–Crippen LogP) is 1.29. The van der Waals surface area contributed by atoms with Crippen molar-refractivity contribution in [1.82, 2.24) is 10.6 Å². The van der Waals surface area contributed by atoms with Gasteiger partial charge < -0.3 is 15.7 Å². The number of hydrogen-bond donors (Lipinski definition) is 3. The first-order valence-corrected chi connectivity index (χ1v) is 7.24. The van der Waals surface area contributed by atoms with Gasteiger partial charge in [-0.1, -0.05) is 6.92 Å². The molecule has 1 aliphatic rings. The van der Waals surface area contributed by atoms with Gasteiger partial charge in [-0.2, -0.15) is 0 Å². The molecule has 0 aromatic heterocycles. The molecule has 0 radical (unpaired) electrons. The summed E-state index contributed by atoms with van der Waals surface area (Å²) in [5.74, 6) is 1.23. The third-order valence-corrected chi connectivity index (χ3v) is 3.85. The fourth-order valence-electron chi connectivity index (χ4n) is 2.63. The van der Waals surface area contributed by atoms with Crippen molar-refractivity contribution in [3.05, 3.63) is 0 Å². The Balaban J connectivity index is 2.21. The predicted molar refractivity (Wildman–Crippen MR) is 73.3 cm³/mol. The van der Waals surface area contributed by atoms with Crippen LogP contribution in [0.25, 0.3) is 0 Å². The fourth-order valence-corrected chi connectivity index (χ4v) is 2.63. The summed E-state index contributed by atoms with van der Waals surface area (Å²) >= 11 is 0. The van der Waals surface area contributed by atoms with Crippen molar-refractivity contribution in [2.75, 3.05) is 19.7 Å². The van der Waals surface area contributed by atoms with Gasteiger partial charge in [-0.15, -0.1) is 0 Å². The van der Waals surface area contributed by atoms with E-state index in [1.165, 1.54) is 12.8 Å². The molecule has 1 rings (SSSR count). The molecule has 0 saturated carbocycles. The van der Waals surface area contributed by atoms with E-state index < -0.39 is 0 Å². The SMILES string of the molecule is CC(CCCO)NC(=O)CC(C)C1CCCNC1. The summed E-state index contributed by atoms with van der Waals surface area (Å²) in [4.78, 5) is 11.9. The number of carbonyl (C=O) groups is 1. The molecule has 1 saturated heterocycles. The zero-order valence-electron chi connectivity index (χ0n) is 11.7. The van der Waals surface area contributed by atoms with Crippen molar-refractivity contribution in [2.45, 2.75) is 52.0 Å². The maximum Gasteiger partial charge on any atom is 0.220 e. The molecule has 0 aromatic carbocycles. The van der Waals surface area contributed by atoms with Crippen LogP contribution in [0.3, 0.4) is 0 Å². The molecule has 1 aliphatic heterocycles. The van der Waals surface area contributed by atoms with E-state index >= 15 is 0 Å². The Morgan fingerprint density at radius 2 is 2.28 bits per heavy atom. The zero-order chi connectivity index (χ0) is 13.4. The normalized spacial score (nSPS) is 23.4. The molecule has 1 heterocycles. The van der Waals surface area contributed by atoms with E-state index in [1.54, 1.807) is 0 Å². The molecule has 18 heavy (non-hydrogen) atoms. The van der Waals surface area contributed by atoms with Crippen LogP contribution in [0.5, 0.6) is 0 Å². The molecular weight excluding hydrogens is 228 g/mol. The van der Waals surface area contributed by atoms with Crippen molar-refractivity contribution >= 4 is 5.91 Å². The van der Waals surface area contributed by atoms with E-state index in [1.807, 2.05) is 6.92 Å². The average Bonchev–Trinajstić information content (AvgIpc) is 2.37. The van der Waals surface area contributed by atoms with E-state index in [4.69, 9.17) is 5.11 Å². The largest absolute Gasteiger partial charge is 0.396 e. The van der Waals surface area contributed by atoms with Gasteiger partial charge in [0.15, 0.2) is 0 Å². The van der Waals surface area contributed by atoms with Crippen molar-refractivity contribution in [1.29, 1.82) is 0 Å². The minimum atomic E-state index is 0.151. The zero-order valence-corrected chi connectivity index (χ0v) is 11.7. The molecule has 0 aromatic rings. The molecule has 4 heteroatoms. The first-order chi connectivity index (χ1) is 8.63. The second-order valence-electron chi connectivity index (χ2n) is 5.62. The summed E-state index contributed by atoms with van der Waals surface area (Å²) in [6.45, 7) is 6.54. The van der Waals surface area contributed by atoms with Crippen LogP contribution in [0.1, 0.15) is 46.0 Å². The molecule has 0 spiro atoms. The van der Waals surface area contributed by atoms with E-state index in [-0.39, 0.29) is 18.6 Å². The molecule has 0 aliphatic carbocycles. The first-order valence-electron chi connectivity index (χ1n) is 7.24. The van der Waals surface area contributed by atoms with Gasteiger partial charge in [0.05, 0.1) is 0 Å². The Hall–Kier alpha value is -0.610. The Kier molecular flexibility index (Phi) is 7.28. The molecule has 0 bridgehead atoms. The maximum absolute atomic E-state index is 11.9. The van der Waals surface area contributed by atoms with Crippen LogP contribution in [-0.2, 0) is 4.79 Å². The van der Waals surface area contributed by atoms with E-state index in [0.29, 0.717) is 18.3 Å². The summed E-state index contributed by atoms with van der Waals surface area (Å²) < 4.78 is 0. The van der Waals surface area contributed by atoms with Crippen molar-refractivity contribution < 1.29 is 9.90 Å². The van der Waals surface area contributed by atoms with E-state index in [9.17, 15) is 4.79 Å². The highest BCUT2D eigenvalue weighted by Gasteiger charge is 2.22. The van der Waals surface area contributed by atoms with Crippen LogP contribution in [0.15, 0.2) is 0 Å². The Bertz CT molecular complexity index is 240. The van der Waals surface area contributed by atoms with Crippen LogP contribution < -0.4 is 10.6 Å². The lowest BCUT2D eigenvalue weighted by Crippen LogP contribution is -2.37. The van der Waals surface area contributed by atoms with E-state index in [2.05, 4.69) is 17.6 Å². The second kappa shape index (κ2) is 8.48. The molecular formula is C14H28N2O2. The molecule has 3 atom stereocenters. The maximum atomic E-state index is 11.9. The van der Waals surface area contributed by atoms with Gasteiger partial charge in [-0.05, 0) is 57.5 Å². The van der Waals surface area contributed by atoms with Gasteiger partial charge in [0.25, 0.3) is 0 Å². The number of piperidine rings is 1. The Morgan fingerprint density at radius 3 is 2.89 bits per heavy atom.